The highest BCUT2D eigenvalue weighted by Gasteiger charge is 2.59. The number of ether oxygens (including phenoxy) is 1. The third-order valence-electron chi connectivity index (χ3n) is 10.9. The van der Waals surface area contributed by atoms with E-state index in [1.165, 1.54) is 57.8 Å². The first-order valence-electron chi connectivity index (χ1n) is 14.4. The first kappa shape index (κ1) is 28.9. The van der Waals surface area contributed by atoms with Crippen LogP contribution in [0.3, 0.4) is 0 Å². The van der Waals surface area contributed by atoms with Crippen LogP contribution >= 0.6 is 12.6 Å². The molecule has 3 saturated carbocycles. The molecule has 0 saturated heterocycles. The quantitative estimate of drug-likeness (QED) is 0.256. The Morgan fingerprint density at radius 1 is 1.11 bits per heavy atom. The summed E-state index contributed by atoms with van der Waals surface area (Å²) in [6.07, 6.45) is 16.7. The van der Waals surface area contributed by atoms with E-state index in [0.717, 1.165) is 48.3 Å². The lowest BCUT2D eigenvalue weighted by molar-refractivity contribution is -0.0581. The zero-order valence-electron chi connectivity index (χ0n) is 22.6. The van der Waals surface area contributed by atoms with E-state index in [1.807, 2.05) is 0 Å². The first-order chi connectivity index (χ1) is 16.2. The molecular weight excluding hydrogens is 450 g/mol. The van der Waals surface area contributed by atoms with Crippen molar-refractivity contribution in [3.63, 3.8) is 0 Å². The fourth-order valence-electron chi connectivity index (χ4n) is 9.10. The third-order valence-corrected chi connectivity index (χ3v) is 11.1. The van der Waals surface area contributed by atoms with Crippen molar-refractivity contribution in [2.45, 2.75) is 119 Å². The smallest absolute Gasteiger partial charge is 0.407 e. The van der Waals surface area contributed by atoms with Gasteiger partial charge in [0.05, 0.1) is 0 Å². The lowest BCUT2D eigenvalue weighted by atomic mass is 9.47. The number of rotatable bonds is 8. The van der Waals surface area contributed by atoms with Gasteiger partial charge in [0.15, 0.2) is 0 Å². The van der Waals surface area contributed by atoms with E-state index in [0.29, 0.717) is 23.1 Å². The van der Waals surface area contributed by atoms with E-state index >= 15 is 0 Å². The normalized spacial score (nSPS) is 38.9. The van der Waals surface area contributed by atoms with E-state index in [4.69, 9.17) is 4.74 Å². The Balaban J connectivity index is 0.00000342. The van der Waals surface area contributed by atoms with Crippen LogP contribution in [0.1, 0.15) is 113 Å². The van der Waals surface area contributed by atoms with Crippen molar-refractivity contribution < 1.29 is 9.53 Å². The van der Waals surface area contributed by atoms with Crippen LogP contribution in [0.15, 0.2) is 11.6 Å². The number of thiol groups is 1. The summed E-state index contributed by atoms with van der Waals surface area (Å²) in [4.78, 5) is 12.1. The van der Waals surface area contributed by atoms with Gasteiger partial charge in [-0.3, -0.25) is 0 Å². The van der Waals surface area contributed by atoms with Gasteiger partial charge >= 0.3 is 6.09 Å². The second kappa shape index (κ2) is 11.8. The molecule has 1 amide bonds. The highest BCUT2D eigenvalue weighted by Crippen LogP contribution is 2.67. The van der Waals surface area contributed by atoms with Crippen molar-refractivity contribution in [2.75, 3.05) is 12.3 Å². The van der Waals surface area contributed by atoms with E-state index in [1.54, 1.807) is 5.57 Å². The Bertz CT molecular complexity index is 750. The van der Waals surface area contributed by atoms with Gasteiger partial charge in [-0.25, -0.2) is 4.79 Å². The molecule has 3 fully saturated rings. The SMILES string of the molecule is C.CC(C)CCC[C@@H](C)[C@H]1CC[C@H]2[C@@H]3CC=C4C[C@@H](OC(=O)NCCS)CC[C@]4(C)[C@H]3CC[C@]12C. The topological polar surface area (TPSA) is 38.3 Å². The van der Waals surface area contributed by atoms with Gasteiger partial charge in [0.25, 0.3) is 0 Å². The average Bonchev–Trinajstić information content (AvgIpc) is 3.15. The van der Waals surface area contributed by atoms with Crippen LogP contribution in [0, 0.1) is 46.3 Å². The molecule has 0 radical (unpaired) electrons. The van der Waals surface area contributed by atoms with Crippen molar-refractivity contribution in [3.05, 3.63) is 11.6 Å². The molecule has 0 aliphatic heterocycles. The maximum Gasteiger partial charge on any atom is 0.407 e. The molecule has 0 aromatic heterocycles. The summed E-state index contributed by atoms with van der Waals surface area (Å²) in [5.41, 5.74) is 2.45. The molecule has 35 heavy (non-hydrogen) atoms. The summed E-state index contributed by atoms with van der Waals surface area (Å²) in [5, 5.41) is 2.81. The Kier molecular flexibility index (Phi) is 9.77. The Hall–Kier alpha value is -0.640. The molecule has 3 nitrogen and oxygen atoms in total. The number of carbonyl (C=O) groups is 1. The average molecular weight is 506 g/mol. The lowest BCUT2D eigenvalue weighted by Gasteiger charge is -2.58. The fraction of sp³-hybridized carbons (Fsp3) is 0.903. The molecule has 4 heteroatoms. The largest absolute Gasteiger partial charge is 0.446 e. The van der Waals surface area contributed by atoms with Crippen molar-refractivity contribution in [3.8, 4) is 0 Å². The van der Waals surface area contributed by atoms with Gasteiger partial charge in [0, 0.05) is 18.7 Å². The lowest BCUT2D eigenvalue weighted by Crippen LogP contribution is -2.51. The summed E-state index contributed by atoms with van der Waals surface area (Å²) in [6.45, 7) is 13.1. The zero-order chi connectivity index (χ0) is 24.5. The molecule has 0 aromatic rings. The maximum atomic E-state index is 12.1. The highest BCUT2D eigenvalue weighted by molar-refractivity contribution is 7.80. The van der Waals surface area contributed by atoms with Crippen LogP contribution in [0.4, 0.5) is 4.79 Å². The Labute approximate surface area is 222 Å². The van der Waals surface area contributed by atoms with Gasteiger partial charge in [-0.05, 0) is 91.3 Å². The molecule has 0 bridgehead atoms. The van der Waals surface area contributed by atoms with Crippen molar-refractivity contribution >= 4 is 18.7 Å². The second-order valence-corrected chi connectivity index (χ2v) is 13.7. The van der Waals surface area contributed by atoms with E-state index in [9.17, 15) is 4.79 Å². The summed E-state index contributed by atoms with van der Waals surface area (Å²) in [7, 11) is 0. The standard InChI is InChI=1S/C30H51NO2S.CH4/c1-20(2)7-6-8-21(3)25-11-12-26-24-10-9-22-19-23(33-28(32)31-17-18-34)13-15-29(22,4)27(24)14-16-30(25,26)5;/h9,20-21,23-27,34H,6-8,10-19H2,1-5H3,(H,31,32);1H4/t21-,23+,24+,25-,26+,27+,29+,30-;/m1./s1. The number of nitrogens with one attached hydrogen (secondary N) is 1. The molecule has 0 unspecified atom stereocenters. The predicted molar refractivity (Wildman–Crippen MR) is 152 cm³/mol. The predicted octanol–water partition coefficient (Wildman–Crippen LogP) is 8.69. The summed E-state index contributed by atoms with van der Waals surface area (Å²) >= 11 is 4.17. The molecule has 0 spiro atoms. The molecule has 4 aliphatic carbocycles. The van der Waals surface area contributed by atoms with Gasteiger partial charge < -0.3 is 10.1 Å². The number of alkyl carbamates (subject to hydrolysis) is 1. The number of allylic oxidation sites excluding steroid dienone is 1. The van der Waals surface area contributed by atoms with Crippen LogP contribution in [0.2, 0.25) is 0 Å². The van der Waals surface area contributed by atoms with Gasteiger partial charge in [-0.1, -0.05) is 73.0 Å². The van der Waals surface area contributed by atoms with E-state index in [-0.39, 0.29) is 19.6 Å². The second-order valence-electron chi connectivity index (χ2n) is 13.2. The number of hydrogen-bond donors (Lipinski definition) is 2. The van der Waals surface area contributed by atoms with Crippen LogP contribution in [0.5, 0.6) is 0 Å². The monoisotopic (exact) mass is 505 g/mol. The molecule has 4 aliphatic rings. The van der Waals surface area contributed by atoms with Crippen LogP contribution in [0.25, 0.3) is 0 Å². The van der Waals surface area contributed by atoms with Gasteiger partial charge in [0.2, 0.25) is 0 Å². The number of amides is 1. The van der Waals surface area contributed by atoms with Crippen molar-refractivity contribution in [1.29, 1.82) is 0 Å². The minimum absolute atomic E-state index is 0. The summed E-state index contributed by atoms with van der Waals surface area (Å²) in [5.74, 6) is 5.85. The molecular formula is C31H55NO2S. The third kappa shape index (κ3) is 5.78. The molecule has 0 heterocycles. The van der Waals surface area contributed by atoms with Crippen molar-refractivity contribution in [1.82, 2.24) is 5.32 Å². The molecule has 8 atom stereocenters. The van der Waals surface area contributed by atoms with Gasteiger partial charge in [-0.15, -0.1) is 0 Å². The van der Waals surface area contributed by atoms with Crippen molar-refractivity contribution in [2.24, 2.45) is 46.3 Å². The van der Waals surface area contributed by atoms with Gasteiger partial charge in [0.1, 0.15) is 6.10 Å². The van der Waals surface area contributed by atoms with Crippen LogP contribution in [-0.4, -0.2) is 24.5 Å². The zero-order valence-corrected chi connectivity index (χ0v) is 23.5. The summed E-state index contributed by atoms with van der Waals surface area (Å²) in [6, 6.07) is 0. The molecule has 4 rings (SSSR count). The number of hydrogen-bond acceptors (Lipinski definition) is 3. The first-order valence-corrected chi connectivity index (χ1v) is 15.1. The fourth-order valence-corrected chi connectivity index (χ4v) is 9.22. The summed E-state index contributed by atoms with van der Waals surface area (Å²) < 4.78 is 5.77. The minimum Gasteiger partial charge on any atom is -0.446 e. The maximum absolute atomic E-state index is 12.1. The van der Waals surface area contributed by atoms with E-state index < -0.39 is 0 Å². The van der Waals surface area contributed by atoms with Crippen LogP contribution in [-0.2, 0) is 4.74 Å². The molecule has 1 N–H and O–H groups in total. The Morgan fingerprint density at radius 2 is 1.89 bits per heavy atom. The Morgan fingerprint density at radius 3 is 2.60 bits per heavy atom. The molecule has 0 aromatic carbocycles. The molecule has 202 valence electrons. The number of fused-ring (bicyclic) bond motifs is 5. The van der Waals surface area contributed by atoms with Crippen LogP contribution < -0.4 is 5.32 Å². The van der Waals surface area contributed by atoms with E-state index in [2.05, 4.69) is 58.6 Å². The van der Waals surface area contributed by atoms with Gasteiger partial charge in [-0.2, -0.15) is 12.6 Å². The highest BCUT2D eigenvalue weighted by atomic mass is 32.1. The minimum atomic E-state index is -0.273. The number of carbonyl (C=O) groups excluding carboxylic acids is 1.